The fourth-order valence-electron chi connectivity index (χ4n) is 2.10. The molecule has 0 saturated carbocycles. The third-order valence-corrected chi connectivity index (χ3v) is 3.29. The molecular weight excluding hydrogens is 319 g/mol. The number of unbranched alkanes of at least 4 members (excludes halogenated alkanes) is 3. The number of guanidine groups is 1. The molecule has 0 unspecified atom stereocenters. The van der Waals surface area contributed by atoms with E-state index in [0.29, 0.717) is 18.1 Å². The van der Waals surface area contributed by atoms with Crippen LogP contribution in [0.4, 0.5) is 13.2 Å². The van der Waals surface area contributed by atoms with Crippen LogP contribution in [0.3, 0.4) is 0 Å². The number of nitrogens with two attached hydrogens (primary N) is 1. The minimum atomic E-state index is -4.31. The van der Waals surface area contributed by atoms with Gasteiger partial charge in [0, 0.05) is 6.54 Å². The zero-order valence-corrected chi connectivity index (χ0v) is 14.0. The van der Waals surface area contributed by atoms with E-state index in [4.69, 9.17) is 5.73 Å². The normalized spacial score (nSPS) is 12.4. The van der Waals surface area contributed by atoms with E-state index in [0.717, 1.165) is 24.9 Å². The number of hydrogen-bond donors (Lipinski definition) is 2. The number of ether oxygens (including phenoxy) is 1. The van der Waals surface area contributed by atoms with Gasteiger partial charge in [-0.3, -0.25) is 0 Å². The third kappa shape index (κ3) is 10.1. The van der Waals surface area contributed by atoms with Gasteiger partial charge in [0.15, 0.2) is 5.96 Å². The van der Waals surface area contributed by atoms with Gasteiger partial charge in [-0.05, 0) is 17.5 Å². The number of benzene rings is 1. The second kappa shape index (κ2) is 10.9. The maximum absolute atomic E-state index is 12.1. The van der Waals surface area contributed by atoms with Crippen molar-refractivity contribution in [3.63, 3.8) is 0 Å². The summed E-state index contributed by atoms with van der Waals surface area (Å²) >= 11 is 0. The van der Waals surface area contributed by atoms with Crippen molar-refractivity contribution in [1.82, 2.24) is 5.32 Å². The summed E-state index contributed by atoms with van der Waals surface area (Å²) in [5, 5.41) is 3.06. The summed E-state index contributed by atoms with van der Waals surface area (Å²) < 4.78 is 40.8. The second-order valence-corrected chi connectivity index (χ2v) is 5.62. The Hall–Kier alpha value is -1.76. The fraction of sp³-hybridized carbons (Fsp3) is 0.588. The van der Waals surface area contributed by atoms with Gasteiger partial charge in [-0.2, -0.15) is 13.2 Å². The molecule has 0 radical (unpaired) electrons. The molecule has 136 valence electrons. The molecule has 1 rings (SSSR count). The number of nitrogens with zero attached hydrogens (tertiary/aromatic N) is 1. The molecule has 0 saturated heterocycles. The maximum atomic E-state index is 12.1. The summed E-state index contributed by atoms with van der Waals surface area (Å²) in [6, 6.07) is 7.12. The van der Waals surface area contributed by atoms with Crippen LogP contribution in [0.15, 0.2) is 29.3 Å². The number of nitrogens with one attached hydrogen (secondary N) is 1. The highest BCUT2D eigenvalue weighted by molar-refractivity contribution is 5.77. The Morgan fingerprint density at radius 2 is 1.96 bits per heavy atom. The first-order valence-corrected chi connectivity index (χ1v) is 8.17. The SMILES string of the molecule is CCCCCCNC(N)=NCc1cccc(COCC(F)(F)F)c1. The first-order chi connectivity index (χ1) is 11.4. The van der Waals surface area contributed by atoms with Gasteiger partial charge in [0.25, 0.3) is 0 Å². The molecule has 0 heterocycles. The van der Waals surface area contributed by atoms with Crippen molar-refractivity contribution in [2.24, 2.45) is 10.7 Å². The van der Waals surface area contributed by atoms with Crippen LogP contribution in [-0.4, -0.2) is 25.3 Å². The predicted molar refractivity (Wildman–Crippen MR) is 89.6 cm³/mol. The van der Waals surface area contributed by atoms with Crippen molar-refractivity contribution in [3.8, 4) is 0 Å². The van der Waals surface area contributed by atoms with E-state index in [1.54, 1.807) is 18.2 Å². The molecule has 0 bridgehead atoms. The summed E-state index contributed by atoms with van der Waals surface area (Å²) in [4.78, 5) is 4.24. The number of aliphatic imine (C=N–C) groups is 1. The van der Waals surface area contributed by atoms with Crippen LogP contribution in [0.5, 0.6) is 0 Å². The highest BCUT2D eigenvalue weighted by atomic mass is 19.4. The zero-order chi connectivity index (χ0) is 17.8. The quantitative estimate of drug-likeness (QED) is 0.386. The van der Waals surface area contributed by atoms with Gasteiger partial charge in [0.05, 0.1) is 13.2 Å². The lowest BCUT2D eigenvalue weighted by Crippen LogP contribution is -2.32. The largest absolute Gasteiger partial charge is 0.411 e. The summed E-state index contributed by atoms with van der Waals surface area (Å²) in [6.07, 6.45) is 0.306. The monoisotopic (exact) mass is 345 g/mol. The van der Waals surface area contributed by atoms with Crippen molar-refractivity contribution in [3.05, 3.63) is 35.4 Å². The molecule has 0 atom stereocenters. The summed E-state index contributed by atoms with van der Waals surface area (Å²) in [7, 11) is 0. The first kappa shape index (κ1) is 20.3. The molecular formula is C17H26F3N3O. The van der Waals surface area contributed by atoms with Gasteiger partial charge < -0.3 is 15.8 Å². The summed E-state index contributed by atoms with van der Waals surface area (Å²) in [5.74, 6) is 0.380. The Kier molecular flexibility index (Phi) is 9.22. The summed E-state index contributed by atoms with van der Waals surface area (Å²) in [6.45, 7) is 2.00. The molecule has 1 aromatic carbocycles. The smallest absolute Gasteiger partial charge is 0.370 e. The van der Waals surface area contributed by atoms with Crippen LogP contribution in [0, 0.1) is 0 Å². The average Bonchev–Trinajstić information content (AvgIpc) is 2.52. The Morgan fingerprint density at radius 1 is 1.21 bits per heavy atom. The molecule has 3 N–H and O–H groups in total. The second-order valence-electron chi connectivity index (χ2n) is 5.62. The Labute approximate surface area is 141 Å². The molecule has 7 heteroatoms. The molecule has 0 aromatic heterocycles. The molecule has 1 aromatic rings. The molecule has 0 aliphatic heterocycles. The minimum Gasteiger partial charge on any atom is -0.370 e. The molecule has 0 fully saturated rings. The third-order valence-electron chi connectivity index (χ3n) is 3.29. The molecule has 4 nitrogen and oxygen atoms in total. The molecule has 0 aliphatic rings. The van der Waals surface area contributed by atoms with Gasteiger partial charge in [0.2, 0.25) is 0 Å². The molecule has 24 heavy (non-hydrogen) atoms. The first-order valence-electron chi connectivity index (χ1n) is 8.17. The van der Waals surface area contributed by atoms with Crippen LogP contribution in [-0.2, 0) is 17.9 Å². The van der Waals surface area contributed by atoms with E-state index >= 15 is 0 Å². The lowest BCUT2D eigenvalue weighted by atomic mass is 10.1. The maximum Gasteiger partial charge on any atom is 0.411 e. The average molecular weight is 345 g/mol. The van der Waals surface area contributed by atoms with E-state index in [-0.39, 0.29) is 6.61 Å². The van der Waals surface area contributed by atoms with Gasteiger partial charge in [-0.15, -0.1) is 0 Å². The van der Waals surface area contributed by atoms with Crippen LogP contribution in [0.25, 0.3) is 0 Å². The van der Waals surface area contributed by atoms with Gasteiger partial charge >= 0.3 is 6.18 Å². The van der Waals surface area contributed by atoms with Crippen LogP contribution in [0.2, 0.25) is 0 Å². The number of hydrogen-bond acceptors (Lipinski definition) is 2. The predicted octanol–water partition coefficient (Wildman–Crippen LogP) is 3.75. The van der Waals surface area contributed by atoms with E-state index < -0.39 is 12.8 Å². The Morgan fingerprint density at radius 3 is 2.67 bits per heavy atom. The molecule has 0 aliphatic carbocycles. The van der Waals surface area contributed by atoms with E-state index in [1.165, 1.54) is 12.8 Å². The van der Waals surface area contributed by atoms with E-state index in [9.17, 15) is 13.2 Å². The van der Waals surface area contributed by atoms with Crippen molar-refractivity contribution in [2.75, 3.05) is 13.2 Å². The Bertz CT molecular complexity index is 504. The topological polar surface area (TPSA) is 59.6 Å². The fourth-order valence-corrected chi connectivity index (χ4v) is 2.10. The highest BCUT2D eigenvalue weighted by Gasteiger charge is 2.27. The van der Waals surface area contributed by atoms with E-state index in [2.05, 4.69) is 22.0 Å². The van der Waals surface area contributed by atoms with E-state index in [1.807, 2.05) is 6.07 Å². The molecule has 0 amide bonds. The van der Waals surface area contributed by atoms with Gasteiger partial charge in [-0.25, -0.2) is 4.99 Å². The van der Waals surface area contributed by atoms with Crippen molar-refractivity contribution < 1.29 is 17.9 Å². The van der Waals surface area contributed by atoms with Crippen LogP contribution in [0.1, 0.15) is 43.7 Å². The lowest BCUT2D eigenvalue weighted by Gasteiger charge is -2.09. The Balaban J connectivity index is 2.36. The minimum absolute atomic E-state index is 0.0811. The van der Waals surface area contributed by atoms with Crippen molar-refractivity contribution in [2.45, 2.75) is 51.9 Å². The standard InChI is InChI=1S/C17H26F3N3O/c1-2-3-4-5-9-22-16(21)23-11-14-7-6-8-15(10-14)12-24-13-17(18,19)20/h6-8,10H,2-5,9,11-13H2,1H3,(H3,21,22,23). The lowest BCUT2D eigenvalue weighted by molar-refractivity contribution is -0.176. The van der Waals surface area contributed by atoms with Gasteiger partial charge in [0.1, 0.15) is 6.61 Å². The number of rotatable bonds is 10. The number of alkyl halides is 3. The van der Waals surface area contributed by atoms with Crippen LogP contribution >= 0.6 is 0 Å². The van der Waals surface area contributed by atoms with Crippen molar-refractivity contribution in [1.29, 1.82) is 0 Å². The van der Waals surface area contributed by atoms with Crippen LogP contribution < -0.4 is 11.1 Å². The van der Waals surface area contributed by atoms with Crippen molar-refractivity contribution >= 4 is 5.96 Å². The zero-order valence-electron chi connectivity index (χ0n) is 14.0. The molecule has 0 spiro atoms. The summed E-state index contributed by atoms with van der Waals surface area (Å²) in [5.41, 5.74) is 7.34. The highest BCUT2D eigenvalue weighted by Crippen LogP contribution is 2.16. The van der Waals surface area contributed by atoms with Gasteiger partial charge in [-0.1, -0.05) is 50.5 Å². The number of halogens is 3.